The number of hydrogen-bond acceptors (Lipinski definition) is 4. The van der Waals surface area contributed by atoms with E-state index in [0.29, 0.717) is 16.7 Å². The Labute approximate surface area is 303 Å². The number of carbonyl (C=O) groups is 2. The van der Waals surface area contributed by atoms with E-state index in [4.69, 9.17) is 0 Å². The molecule has 2 aromatic heterocycles. The molecular formula is C46H25N5O2. The largest absolute Gasteiger partial charge is 0.309 e. The number of anilines is 1. The Bertz CT molecular complexity index is 3100. The van der Waals surface area contributed by atoms with Crippen molar-refractivity contribution in [2.24, 2.45) is 0 Å². The number of fused-ring (bicyclic) bond motifs is 7. The van der Waals surface area contributed by atoms with Gasteiger partial charge in [-0.3, -0.25) is 9.59 Å². The first-order valence-corrected chi connectivity index (χ1v) is 17.1. The van der Waals surface area contributed by atoms with Crippen molar-refractivity contribution in [2.45, 2.75) is 0 Å². The molecule has 0 fully saturated rings. The molecule has 9 aromatic rings. The van der Waals surface area contributed by atoms with E-state index in [-0.39, 0.29) is 11.3 Å². The third-order valence-electron chi connectivity index (χ3n) is 10.3. The van der Waals surface area contributed by atoms with Crippen LogP contribution < -0.4 is 4.90 Å². The number of nitriles is 2. The van der Waals surface area contributed by atoms with Crippen molar-refractivity contribution < 1.29 is 9.59 Å². The molecular weight excluding hydrogens is 655 g/mol. The van der Waals surface area contributed by atoms with E-state index in [0.717, 1.165) is 71.0 Å². The third-order valence-corrected chi connectivity index (χ3v) is 10.3. The minimum atomic E-state index is -0.442. The number of nitrogens with zero attached hydrogens (tertiary/aromatic N) is 5. The maximum Gasteiger partial charge on any atom is 0.266 e. The van der Waals surface area contributed by atoms with Gasteiger partial charge < -0.3 is 9.13 Å². The Hall–Kier alpha value is -7.74. The summed E-state index contributed by atoms with van der Waals surface area (Å²) in [6, 6.07) is 53.6. The summed E-state index contributed by atoms with van der Waals surface area (Å²) in [6.45, 7) is 0. The molecule has 1 aliphatic rings. The minimum Gasteiger partial charge on any atom is -0.309 e. The van der Waals surface area contributed by atoms with Gasteiger partial charge in [-0.1, -0.05) is 60.7 Å². The van der Waals surface area contributed by atoms with Crippen LogP contribution in [0, 0.1) is 22.7 Å². The predicted octanol–water partition coefficient (Wildman–Crippen LogP) is 10.1. The maximum atomic E-state index is 13.5. The summed E-state index contributed by atoms with van der Waals surface area (Å²) in [7, 11) is 0. The molecule has 0 bridgehead atoms. The molecule has 0 aliphatic carbocycles. The second-order valence-electron chi connectivity index (χ2n) is 13.1. The van der Waals surface area contributed by atoms with E-state index >= 15 is 0 Å². The highest BCUT2D eigenvalue weighted by molar-refractivity contribution is 6.34. The van der Waals surface area contributed by atoms with Crippen molar-refractivity contribution >= 4 is 61.1 Å². The molecule has 0 saturated carbocycles. The van der Waals surface area contributed by atoms with Crippen molar-refractivity contribution in [3.63, 3.8) is 0 Å². The van der Waals surface area contributed by atoms with E-state index in [1.165, 1.54) is 0 Å². The Morgan fingerprint density at radius 2 is 0.925 bits per heavy atom. The standard InChI is InChI=1S/C46H25N5O2/c47-26-28-13-18-32(19-14-28)49-40-11-5-3-7-34(40)38-23-29(16-21-42(38)49)30-17-22-43-39(24-30)35-8-4-6-12-41(35)50(43)33-20-15-31(27-48)44(25-33)51-45(52)36-9-1-2-10-37(36)46(51)53/h1-25H. The van der Waals surface area contributed by atoms with Gasteiger partial charge in [-0.15, -0.1) is 0 Å². The lowest BCUT2D eigenvalue weighted by molar-refractivity contribution is 0.0926. The summed E-state index contributed by atoms with van der Waals surface area (Å²) in [5.41, 5.74) is 9.70. The van der Waals surface area contributed by atoms with Gasteiger partial charge in [0.15, 0.2) is 0 Å². The average Bonchev–Trinajstić information content (AvgIpc) is 3.81. The molecule has 7 aromatic carbocycles. The van der Waals surface area contributed by atoms with Crippen LogP contribution in [0.4, 0.5) is 5.69 Å². The summed E-state index contributed by atoms with van der Waals surface area (Å²) < 4.78 is 4.35. The number of para-hydroxylation sites is 2. The molecule has 7 nitrogen and oxygen atoms in total. The second-order valence-corrected chi connectivity index (χ2v) is 13.1. The number of imide groups is 1. The van der Waals surface area contributed by atoms with Crippen LogP contribution in [-0.4, -0.2) is 20.9 Å². The second kappa shape index (κ2) is 11.4. The Morgan fingerprint density at radius 1 is 0.434 bits per heavy atom. The summed E-state index contributed by atoms with van der Waals surface area (Å²) in [6.07, 6.45) is 0. The SMILES string of the molecule is N#Cc1ccc(-n2c3ccccc3c3cc(-c4ccc5c(c4)c4ccccc4n5-c4ccc(C#N)c(N5C(=O)c6ccccc6C5=O)c4)ccc32)cc1. The van der Waals surface area contributed by atoms with Crippen LogP contribution in [0.15, 0.2) is 152 Å². The number of amides is 2. The molecule has 53 heavy (non-hydrogen) atoms. The Morgan fingerprint density at radius 3 is 1.47 bits per heavy atom. The molecule has 0 N–H and O–H groups in total. The number of aromatic nitrogens is 2. The number of hydrogen-bond donors (Lipinski definition) is 0. The highest BCUT2D eigenvalue weighted by Gasteiger charge is 2.37. The maximum absolute atomic E-state index is 13.5. The van der Waals surface area contributed by atoms with E-state index in [1.807, 2.05) is 48.5 Å². The predicted molar refractivity (Wildman–Crippen MR) is 208 cm³/mol. The third kappa shape index (κ3) is 4.39. The first kappa shape index (κ1) is 30.1. The molecule has 0 saturated heterocycles. The van der Waals surface area contributed by atoms with Crippen molar-refractivity contribution in [1.29, 1.82) is 10.5 Å². The van der Waals surface area contributed by atoms with Crippen LogP contribution in [0.3, 0.4) is 0 Å². The quantitative estimate of drug-likeness (QED) is 0.173. The minimum absolute atomic E-state index is 0.238. The molecule has 2 amide bonds. The van der Waals surface area contributed by atoms with Gasteiger partial charge in [-0.25, -0.2) is 4.90 Å². The zero-order chi connectivity index (χ0) is 35.8. The van der Waals surface area contributed by atoms with Gasteiger partial charge in [-0.2, -0.15) is 10.5 Å². The van der Waals surface area contributed by atoms with Crippen molar-refractivity contribution in [1.82, 2.24) is 9.13 Å². The molecule has 7 heteroatoms. The van der Waals surface area contributed by atoms with Crippen LogP contribution in [0.25, 0.3) is 66.1 Å². The fourth-order valence-corrected chi connectivity index (χ4v) is 7.89. The van der Waals surface area contributed by atoms with Gasteiger partial charge in [-0.05, 0) is 102 Å². The van der Waals surface area contributed by atoms with Gasteiger partial charge >= 0.3 is 0 Å². The lowest BCUT2D eigenvalue weighted by atomic mass is 10.0. The van der Waals surface area contributed by atoms with E-state index < -0.39 is 11.8 Å². The van der Waals surface area contributed by atoms with Crippen molar-refractivity contribution in [3.8, 4) is 34.6 Å². The van der Waals surface area contributed by atoms with Crippen LogP contribution >= 0.6 is 0 Å². The van der Waals surface area contributed by atoms with Gasteiger partial charge in [0.05, 0.1) is 56.1 Å². The van der Waals surface area contributed by atoms with Gasteiger partial charge in [0.1, 0.15) is 6.07 Å². The smallest absolute Gasteiger partial charge is 0.266 e. The van der Waals surface area contributed by atoms with E-state index in [2.05, 4.69) is 88.0 Å². The Balaban J connectivity index is 1.12. The molecule has 10 rings (SSSR count). The number of carbonyl (C=O) groups excluding carboxylic acids is 2. The zero-order valence-electron chi connectivity index (χ0n) is 28.0. The molecule has 0 atom stereocenters. The molecule has 0 spiro atoms. The number of benzene rings is 7. The summed E-state index contributed by atoms with van der Waals surface area (Å²) >= 11 is 0. The molecule has 0 radical (unpaired) electrons. The fourth-order valence-electron chi connectivity index (χ4n) is 7.89. The zero-order valence-corrected chi connectivity index (χ0v) is 28.0. The topological polar surface area (TPSA) is 94.8 Å². The van der Waals surface area contributed by atoms with Gasteiger partial charge in [0.2, 0.25) is 0 Å². The first-order chi connectivity index (χ1) is 26.0. The lowest BCUT2D eigenvalue weighted by Gasteiger charge is -2.18. The molecule has 0 unspecified atom stereocenters. The summed E-state index contributed by atoms with van der Waals surface area (Å²) in [5.74, 6) is -0.883. The Kier molecular flexibility index (Phi) is 6.47. The lowest BCUT2D eigenvalue weighted by Crippen LogP contribution is -2.30. The van der Waals surface area contributed by atoms with Crippen molar-refractivity contribution in [2.75, 3.05) is 4.90 Å². The normalized spacial score (nSPS) is 12.5. The highest BCUT2D eigenvalue weighted by Crippen LogP contribution is 2.39. The van der Waals surface area contributed by atoms with Gasteiger partial charge in [0, 0.05) is 32.9 Å². The van der Waals surface area contributed by atoms with Crippen LogP contribution in [0.1, 0.15) is 31.8 Å². The number of rotatable bonds is 4. The molecule has 246 valence electrons. The highest BCUT2D eigenvalue weighted by atomic mass is 16.2. The first-order valence-electron chi connectivity index (χ1n) is 17.1. The van der Waals surface area contributed by atoms with E-state index in [1.54, 1.807) is 36.4 Å². The fraction of sp³-hybridized carbons (Fsp3) is 0. The van der Waals surface area contributed by atoms with Gasteiger partial charge in [0.25, 0.3) is 11.8 Å². The monoisotopic (exact) mass is 679 g/mol. The van der Waals surface area contributed by atoms with E-state index in [9.17, 15) is 20.1 Å². The molecule has 1 aliphatic heterocycles. The summed E-state index contributed by atoms with van der Waals surface area (Å²) in [5, 5.41) is 23.8. The van der Waals surface area contributed by atoms with Crippen LogP contribution in [0.5, 0.6) is 0 Å². The average molecular weight is 680 g/mol. The van der Waals surface area contributed by atoms with Crippen LogP contribution in [0.2, 0.25) is 0 Å². The summed E-state index contributed by atoms with van der Waals surface area (Å²) in [4.78, 5) is 28.1. The van der Waals surface area contributed by atoms with Crippen molar-refractivity contribution in [3.05, 3.63) is 174 Å². The van der Waals surface area contributed by atoms with Crippen LogP contribution in [-0.2, 0) is 0 Å². The molecule has 3 heterocycles.